The van der Waals surface area contributed by atoms with E-state index in [1.807, 2.05) is 30.3 Å². The van der Waals surface area contributed by atoms with Crippen LogP contribution in [0.4, 0.5) is 0 Å². The normalized spacial score (nSPS) is 10.1. The highest BCUT2D eigenvalue weighted by molar-refractivity contribution is 7.80. The molecule has 1 aromatic carbocycles. The van der Waals surface area contributed by atoms with Crippen molar-refractivity contribution < 1.29 is 4.79 Å². The van der Waals surface area contributed by atoms with E-state index in [9.17, 15) is 4.79 Å². The fourth-order valence-electron chi connectivity index (χ4n) is 1.79. The smallest absolute Gasteiger partial charge is 0.272 e. The van der Waals surface area contributed by atoms with Crippen molar-refractivity contribution in [1.29, 1.82) is 0 Å². The first kappa shape index (κ1) is 14.1. The Morgan fingerprint density at radius 1 is 1.25 bits per heavy atom. The molecule has 0 unspecified atom stereocenters. The van der Waals surface area contributed by atoms with Gasteiger partial charge in [-0.05, 0) is 17.7 Å². The first-order chi connectivity index (χ1) is 9.58. The quantitative estimate of drug-likeness (QED) is 0.873. The third-order valence-corrected chi connectivity index (χ3v) is 3.11. The number of thiocarbonyl (C=S) groups is 1. The van der Waals surface area contributed by atoms with E-state index in [0.717, 1.165) is 5.56 Å². The van der Waals surface area contributed by atoms with Crippen molar-refractivity contribution in [2.75, 3.05) is 7.05 Å². The van der Waals surface area contributed by atoms with Crippen molar-refractivity contribution in [2.24, 2.45) is 5.73 Å². The van der Waals surface area contributed by atoms with E-state index in [2.05, 4.69) is 4.98 Å². The van der Waals surface area contributed by atoms with Crippen LogP contribution < -0.4 is 5.73 Å². The summed E-state index contributed by atoms with van der Waals surface area (Å²) in [5.74, 6) is -0.136. The van der Waals surface area contributed by atoms with Gasteiger partial charge in [-0.15, -0.1) is 0 Å². The van der Waals surface area contributed by atoms with Crippen molar-refractivity contribution in [1.82, 2.24) is 9.88 Å². The number of nitrogens with zero attached hydrogens (tertiary/aromatic N) is 2. The third-order valence-electron chi connectivity index (χ3n) is 2.88. The van der Waals surface area contributed by atoms with Crippen LogP contribution in [-0.4, -0.2) is 27.8 Å². The number of benzene rings is 1. The SMILES string of the molecule is CN(Cc1ccccc1)C(=O)c1ccc(C(N)=S)cn1. The molecule has 2 aromatic rings. The van der Waals surface area contributed by atoms with Gasteiger partial charge in [0, 0.05) is 25.4 Å². The minimum absolute atomic E-state index is 0.136. The Kier molecular flexibility index (Phi) is 4.42. The second kappa shape index (κ2) is 6.25. The van der Waals surface area contributed by atoms with E-state index in [1.165, 1.54) is 6.20 Å². The third kappa shape index (κ3) is 3.39. The van der Waals surface area contributed by atoms with Gasteiger partial charge in [0.15, 0.2) is 0 Å². The average Bonchev–Trinajstić information content (AvgIpc) is 2.47. The predicted molar refractivity (Wildman–Crippen MR) is 82.4 cm³/mol. The lowest BCUT2D eigenvalue weighted by molar-refractivity contribution is 0.0779. The van der Waals surface area contributed by atoms with E-state index in [1.54, 1.807) is 24.1 Å². The Morgan fingerprint density at radius 3 is 2.50 bits per heavy atom. The topological polar surface area (TPSA) is 59.2 Å². The molecule has 0 saturated heterocycles. The molecule has 0 saturated carbocycles. The molecule has 20 heavy (non-hydrogen) atoms. The average molecular weight is 285 g/mol. The summed E-state index contributed by atoms with van der Waals surface area (Å²) in [5, 5.41) is 0. The van der Waals surface area contributed by atoms with Gasteiger partial charge in [0.1, 0.15) is 10.7 Å². The van der Waals surface area contributed by atoms with Crippen LogP contribution in [0.5, 0.6) is 0 Å². The van der Waals surface area contributed by atoms with Gasteiger partial charge in [0.05, 0.1) is 0 Å². The minimum Gasteiger partial charge on any atom is -0.389 e. The summed E-state index contributed by atoms with van der Waals surface area (Å²) in [4.78, 5) is 18.2. The second-order valence-corrected chi connectivity index (χ2v) is 4.88. The molecule has 0 fully saturated rings. The highest BCUT2D eigenvalue weighted by atomic mass is 32.1. The summed E-state index contributed by atoms with van der Waals surface area (Å²) >= 11 is 4.85. The molecule has 1 amide bonds. The zero-order valence-electron chi connectivity index (χ0n) is 11.1. The van der Waals surface area contributed by atoms with Gasteiger partial charge in [-0.2, -0.15) is 0 Å². The predicted octanol–water partition coefficient (Wildman–Crippen LogP) is 1.99. The number of rotatable bonds is 4. The monoisotopic (exact) mass is 285 g/mol. The van der Waals surface area contributed by atoms with Crippen molar-refractivity contribution >= 4 is 23.1 Å². The Labute approximate surface area is 123 Å². The molecule has 5 heteroatoms. The zero-order valence-corrected chi connectivity index (χ0v) is 11.9. The maximum Gasteiger partial charge on any atom is 0.272 e. The fourth-order valence-corrected chi connectivity index (χ4v) is 1.91. The van der Waals surface area contributed by atoms with Crippen LogP contribution in [0, 0.1) is 0 Å². The van der Waals surface area contributed by atoms with Crippen LogP contribution in [0.2, 0.25) is 0 Å². The number of aromatic nitrogens is 1. The zero-order chi connectivity index (χ0) is 14.5. The number of pyridine rings is 1. The van der Waals surface area contributed by atoms with Gasteiger partial charge in [-0.3, -0.25) is 9.78 Å². The lowest BCUT2D eigenvalue weighted by Crippen LogP contribution is -2.27. The van der Waals surface area contributed by atoms with Crippen LogP contribution in [0.3, 0.4) is 0 Å². The first-order valence-electron chi connectivity index (χ1n) is 6.13. The molecule has 102 valence electrons. The van der Waals surface area contributed by atoms with Gasteiger partial charge < -0.3 is 10.6 Å². The summed E-state index contributed by atoms with van der Waals surface area (Å²) in [5.41, 5.74) is 7.60. The molecule has 0 atom stereocenters. The van der Waals surface area contributed by atoms with E-state index in [0.29, 0.717) is 17.8 Å². The van der Waals surface area contributed by atoms with Crippen molar-refractivity contribution in [3.05, 3.63) is 65.5 Å². The van der Waals surface area contributed by atoms with Gasteiger partial charge in [-0.1, -0.05) is 42.5 Å². The lowest BCUT2D eigenvalue weighted by Gasteiger charge is -2.16. The largest absolute Gasteiger partial charge is 0.389 e. The lowest BCUT2D eigenvalue weighted by atomic mass is 10.2. The maximum absolute atomic E-state index is 12.2. The Hall–Kier alpha value is -2.27. The number of amides is 1. The highest BCUT2D eigenvalue weighted by Gasteiger charge is 2.13. The van der Waals surface area contributed by atoms with E-state index < -0.39 is 0 Å². The van der Waals surface area contributed by atoms with Gasteiger partial charge >= 0.3 is 0 Å². The Morgan fingerprint density at radius 2 is 1.95 bits per heavy atom. The molecule has 1 heterocycles. The van der Waals surface area contributed by atoms with Crippen LogP contribution in [0.25, 0.3) is 0 Å². The number of nitrogens with two attached hydrogens (primary N) is 1. The van der Waals surface area contributed by atoms with Gasteiger partial charge in [-0.25, -0.2) is 0 Å². The summed E-state index contributed by atoms with van der Waals surface area (Å²) < 4.78 is 0. The van der Waals surface area contributed by atoms with Crippen molar-refractivity contribution in [3.8, 4) is 0 Å². The molecule has 0 aliphatic heterocycles. The first-order valence-corrected chi connectivity index (χ1v) is 6.54. The highest BCUT2D eigenvalue weighted by Crippen LogP contribution is 2.07. The Balaban J connectivity index is 2.08. The maximum atomic E-state index is 12.2. The molecular weight excluding hydrogens is 270 g/mol. The number of carbonyl (C=O) groups is 1. The molecule has 4 nitrogen and oxygen atoms in total. The van der Waals surface area contributed by atoms with Gasteiger partial charge in [0.2, 0.25) is 0 Å². The van der Waals surface area contributed by atoms with E-state index in [4.69, 9.17) is 18.0 Å². The number of hydrogen-bond donors (Lipinski definition) is 1. The summed E-state index contributed by atoms with van der Waals surface area (Å²) in [6.45, 7) is 0.540. The number of hydrogen-bond acceptors (Lipinski definition) is 3. The summed E-state index contributed by atoms with van der Waals surface area (Å²) in [6.07, 6.45) is 1.52. The standard InChI is InChI=1S/C15H15N3OS/c1-18(10-11-5-3-2-4-6-11)15(19)13-8-7-12(9-17-13)14(16)20/h2-9H,10H2,1H3,(H2,16,20). The van der Waals surface area contributed by atoms with Crippen LogP contribution >= 0.6 is 12.2 Å². The molecule has 0 spiro atoms. The Bertz CT molecular complexity index is 611. The molecule has 2 N–H and O–H groups in total. The van der Waals surface area contributed by atoms with Crippen molar-refractivity contribution in [2.45, 2.75) is 6.54 Å². The van der Waals surface area contributed by atoms with Crippen molar-refractivity contribution in [3.63, 3.8) is 0 Å². The molecular formula is C15H15N3OS. The molecule has 0 bridgehead atoms. The fraction of sp³-hybridized carbons (Fsp3) is 0.133. The van der Waals surface area contributed by atoms with Crippen LogP contribution in [-0.2, 0) is 6.54 Å². The summed E-state index contributed by atoms with van der Waals surface area (Å²) in [7, 11) is 1.75. The molecule has 2 rings (SSSR count). The minimum atomic E-state index is -0.136. The van der Waals surface area contributed by atoms with Gasteiger partial charge in [0.25, 0.3) is 5.91 Å². The van der Waals surface area contributed by atoms with Crippen LogP contribution in [0.1, 0.15) is 21.6 Å². The molecule has 1 aromatic heterocycles. The summed E-state index contributed by atoms with van der Waals surface area (Å²) in [6, 6.07) is 13.1. The van der Waals surface area contributed by atoms with E-state index >= 15 is 0 Å². The number of carbonyl (C=O) groups excluding carboxylic acids is 1. The van der Waals surface area contributed by atoms with Crippen LogP contribution in [0.15, 0.2) is 48.7 Å². The molecule has 0 aliphatic carbocycles. The molecule has 0 radical (unpaired) electrons. The second-order valence-electron chi connectivity index (χ2n) is 4.44. The van der Waals surface area contributed by atoms with E-state index in [-0.39, 0.29) is 10.9 Å². The molecule has 0 aliphatic rings.